The molecule has 80 heavy (non-hydrogen) atoms. The number of carbonyl (C=O) groups excluding carboxylic acids is 2. The third-order valence-corrected chi connectivity index (χ3v) is 16.9. The van der Waals surface area contributed by atoms with E-state index in [0.29, 0.717) is 19.4 Å². The van der Waals surface area contributed by atoms with Gasteiger partial charge in [0.15, 0.2) is 0 Å². The average molecular weight is 1120 g/mol. The molecule has 472 valence electrons. The first-order chi connectivity index (χ1) is 39.5. The van der Waals surface area contributed by atoms with E-state index in [4.69, 9.17) is 4.74 Å². The van der Waals surface area contributed by atoms with Crippen LogP contribution < -0.4 is 5.32 Å². The highest BCUT2D eigenvalue weighted by molar-refractivity contribution is 5.76. The fourth-order valence-electron chi connectivity index (χ4n) is 11.4. The summed E-state index contributed by atoms with van der Waals surface area (Å²) in [4.78, 5) is 24.5. The molecule has 0 radical (unpaired) electrons. The lowest BCUT2D eigenvalue weighted by Crippen LogP contribution is -2.45. The number of hydrogen-bond donors (Lipinski definition) is 3. The molecule has 0 heterocycles. The standard InChI is InChI=1S/C74H141NO5/c1-3-5-7-9-11-13-15-42-46-50-54-58-62-66-72(77)71(70-76)75-73(78)67-63-59-55-51-47-44-40-38-36-34-32-30-28-26-24-22-20-18-17-19-21-23-25-27-29-31-33-35-37-39-41-45-49-53-57-61-65-69-80-74(79)68-64-60-56-52-48-43-16-14-12-10-8-6-4-2/h8,10,14,16,62,66,71-72,76-77H,3-7,9,11-13,15,17-61,63-65,67-70H2,1-2H3,(H,75,78)/b10-8-,16-14-,66-62+. The van der Waals surface area contributed by atoms with E-state index in [1.807, 2.05) is 6.08 Å². The Morgan fingerprint density at radius 2 is 0.650 bits per heavy atom. The van der Waals surface area contributed by atoms with E-state index in [-0.39, 0.29) is 18.5 Å². The molecular weight excluding hydrogens is 983 g/mol. The first-order valence-electron chi connectivity index (χ1n) is 36.3. The zero-order chi connectivity index (χ0) is 57.8. The zero-order valence-electron chi connectivity index (χ0n) is 54.1. The molecule has 3 N–H and O–H groups in total. The van der Waals surface area contributed by atoms with Crippen LogP contribution in [0.1, 0.15) is 399 Å². The van der Waals surface area contributed by atoms with E-state index in [1.165, 1.54) is 321 Å². The van der Waals surface area contributed by atoms with Gasteiger partial charge in [-0.25, -0.2) is 0 Å². The Kier molecular flexibility index (Phi) is 67.9. The van der Waals surface area contributed by atoms with Crippen molar-refractivity contribution in [3.8, 4) is 0 Å². The molecule has 0 aliphatic heterocycles. The molecule has 6 nitrogen and oxygen atoms in total. The van der Waals surface area contributed by atoms with Gasteiger partial charge >= 0.3 is 5.97 Å². The minimum absolute atomic E-state index is 0.00794. The van der Waals surface area contributed by atoms with Gasteiger partial charge in [-0.2, -0.15) is 0 Å². The lowest BCUT2D eigenvalue weighted by Gasteiger charge is -2.20. The van der Waals surface area contributed by atoms with E-state index in [1.54, 1.807) is 6.08 Å². The van der Waals surface area contributed by atoms with Gasteiger partial charge in [-0.05, 0) is 57.8 Å². The second-order valence-electron chi connectivity index (χ2n) is 24.9. The molecule has 0 aromatic heterocycles. The van der Waals surface area contributed by atoms with E-state index >= 15 is 0 Å². The van der Waals surface area contributed by atoms with Crippen LogP contribution in [-0.2, 0) is 14.3 Å². The number of esters is 1. The van der Waals surface area contributed by atoms with Gasteiger partial charge in [-0.3, -0.25) is 9.59 Å². The fraction of sp³-hybridized carbons (Fsp3) is 0.892. The molecule has 2 unspecified atom stereocenters. The Labute approximate surface area is 500 Å². The molecule has 0 aromatic carbocycles. The largest absolute Gasteiger partial charge is 0.466 e. The summed E-state index contributed by atoms with van der Waals surface area (Å²) in [6.07, 6.45) is 89.7. The first kappa shape index (κ1) is 78.1. The highest BCUT2D eigenvalue weighted by atomic mass is 16.5. The molecule has 0 saturated carbocycles. The van der Waals surface area contributed by atoms with Crippen LogP contribution in [0.4, 0.5) is 0 Å². The number of ether oxygens (including phenoxy) is 1. The Hall–Kier alpha value is -1.92. The van der Waals surface area contributed by atoms with Gasteiger partial charge in [0.05, 0.1) is 25.4 Å². The SMILES string of the molecule is CCC/C=C\C/C=C\CCCCCCCC(=O)OCCCCCCCCCCCCCCCCCCCCCCCCCCCCCCCCCCCCCCCC(=O)NC(CO)C(O)/C=C/CCCCCCCCCCCCC. The van der Waals surface area contributed by atoms with Crippen LogP contribution in [0.5, 0.6) is 0 Å². The first-order valence-corrected chi connectivity index (χ1v) is 36.3. The normalized spacial score (nSPS) is 12.7. The number of nitrogens with one attached hydrogen (secondary N) is 1. The second-order valence-corrected chi connectivity index (χ2v) is 24.9. The summed E-state index contributed by atoms with van der Waals surface area (Å²) in [5.74, 6) is -0.0528. The molecule has 0 spiro atoms. The number of hydrogen-bond acceptors (Lipinski definition) is 5. The van der Waals surface area contributed by atoms with E-state index in [9.17, 15) is 19.8 Å². The molecule has 0 aliphatic carbocycles. The molecule has 0 bridgehead atoms. The van der Waals surface area contributed by atoms with Crippen LogP contribution in [0, 0.1) is 0 Å². The second kappa shape index (κ2) is 69.6. The Bertz CT molecular complexity index is 1300. The predicted molar refractivity (Wildman–Crippen MR) is 352 cm³/mol. The van der Waals surface area contributed by atoms with E-state index < -0.39 is 12.1 Å². The summed E-state index contributed by atoms with van der Waals surface area (Å²) in [5, 5.41) is 23.1. The summed E-state index contributed by atoms with van der Waals surface area (Å²) in [7, 11) is 0. The summed E-state index contributed by atoms with van der Waals surface area (Å²) in [5.41, 5.74) is 0. The van der Waals surface area contributed by atoms with Crippen molar-refractivity contribution in [3.05, 3.63) is 36.5 Å². The number of amides is 1. The molecule has 0 saturated heterocycles. The minimum atomic E-state index is -0.839. The number of rotatable bonds is 68. The number of aliphatic hydroxyl groups excluding tert-OH is 2. The highest BCUT2D eigenvalue weighted by Gasteiger charge is 2.18. The number of aliphatic hydroxyl groups is 2. The third-order valence-electron chi connectivity index (χ3n) is 16.9. The Morgan fingerprint density at radius 1 is 0.350 bits per heavy atom. The van der Waals surface area contributed by atoms with Crippen molar-refractivity contribution in [2.24, 2.45) is 0 Å². The monoisotopic (exact) mass is 1120 g/mol. The van der Waals surface area contributed by atoms with Crippen molar-refractivity contribution in [1.82, 2.24) is 5.32 Å². The molecule has 0 fully saturated rings. The van der Waals surface area contributed by atoms with Gasteiger partial charge in [0, 0.05) is 12.8 Å². The lowest BCUT2D eigenvalue weighted by atomic mass is 10.0. The van der Waals surface area contributed by atoms with Crippen LogP contribution in [0.25, 0.3) is 0 Å². The van der Waals surface area contributed by atoms with E-state index in [2.05, 4.69) is 43.5 Å². The van der Waals surface area contributed by atoms with Crippen molar-refractivity contribution in [2.45, 2.75) is 411 Å². The average Bonchev–Trinajstić information content (AvgIpc) is 3.46. The fourth-order valence-corrected chi connectivity index (χ4v) is 11.4. The van der Waals surface area contributed by atoms with Crippen molar-refractivity contribution < 1.29 is 24.5 Å². The third kappa shape index (κ3) is 65.2. The van der Waals surface area contributed by atoms with Crippen LogP contribution >= 0.6 is 0 Å². The number of unbranched alkanes of at least 4 members (excludes halogenated alkanes) is 53. The van der Waals surface area contributed by atoms with Crippen molar-refractivity contribution >= 4 is 11.9 Å². The Balaban J connectivity index is 3.30. The smallest absolute Gasteiger partial charge is 0.305 e. The Morgan fingerprint density at radius 3 is 1.00 bits per heavy atom. The molecule has 1 amide bonds. The highest BCUT2D eigenvalue weighted by Crippen LogP contribution is 2.19. The number of allylic oxidation sites excluding steroid dienone is 5. The van der Waals surface area contributed by atoms with Crippen molar-refractivity contribution in [3.63, 3.8) is 0 Å². The van der Waals surface area contributed by atoms with Crippen molar-refractivity contribution in [1.29, 1.82) is 0 Å². The topological polar surface area (TPSA) is 95.9 Å². The van der Waals surface area contributed by atoms with Crippen LogP contribution in [0.3, 0.4) is 0 Å². The van der Waals surface area contributed by atoms with E-state index in [0.717, 1.165) is 51.4 Å². The maximum atomic E-state index is 12.5. The van der Waals surface area contributed by atoms with Gasteiger partial charge < -0.3 is 20.3 Å². The predicted octanol–water partition coefficient (Wildman–Crippen LogP) is 23.5. The molecule has 6 heteroatoms. The molecular formula is C74H141NO5. The maximum Gasteiger partial charge on any atom is 0.305 e. The van der Waals surface area contributed by atoms with Gasteiger partial charge in [0.2, 0.25) is 5.91 Å². The lowest BCUT2D eigenvalue weighted by molar-refractivity contribution is -0.143. The van der Waals surface area contributed by atoms with Crippen molar-refractivity contribution in [2.75, 3.05) is 13.2 Å². The van der Waals surface area contributed by atoms with Gasteiger partial charge in [0.25, 0.3) is 0 Å². The van der Waals surface area contributed by atoms with Gasteiger partial charge in [-0.15, -0.1) is 0 Å². The number of carbonyl (C=O) groups is 2. The maximum absolute atomic E-state index is 12.5. The summed E-state index contributed by atoms with van der Waals surface area (Å²) in [6.45, 7) is 4.86. The molecule has 0 aromatic rings. The molecule has 2 atom stereocenters. The van der Waals surface area contributed by atoms with Crippen LogP contribution in [0.15, 0.2) is 36.5 Å². The summed E-state index contributed by atoms with van der Waals surface area (Å²) < 4.78 is 5.48. The zero-order valence-corrected chi connectivity index (χ0v) is 54.1. The molecule has 0 rings (SSSR count). The molecule has 0 aliphatic rings. The quantitative estimate of drug-likeness (QED) is 0.0320. The summed E-state index contributed by atoms with van der Waals surface area (Å²) >= 11 is 0. The van der Waals surface area contributed by atoms with Crippen LogP contribution in [0.2, 0.25) is 0 Å². The summed E-state index contributed by atoms with van der Waals surface area (Å²) in [6, 6.07) is -0.622. The van der Waals surface area contributed by atoms with Gasteiger partial charge in [0.1, 0.15) is 0 Å². The van der Waals surface area contributed by atoms with Gasteiger partial charge in [-0.1, -0.05) is 365 Å². The minimum Gasteiger partial charge on any atom is -0.466 e. The van der Waals surface area contributed by atoms with Crippen LogP contribution in [-0.4, -0.2) is 47.4 Å².